The molecule has 4 nitrogen and oxygen atoms in total. The molecule has 1 fully saturated rings. The molecule has 100 valence electrons. The van der Waals surface area contributed by atoms with Crippen molar-refractivity contribution in [3.05, 3.63) is 16.0 Å². The number of aryl methyl sites for hydroxylation is 1. The van der Waals surface area contributed by atoms with Gasteiger partial charge in [0.25, 0.3) is 0 Å². The van der Waals surface area contributed by atoms with E-state index in [4.69, 9.17) is 10.5 Å². The Hall–Kier alpha value is -0.680. The molecule has 1 atom stereocenters. The fourth-order valence-corrected chi connectivity index (χ4v) is 2.44. The highest BCUT2D eigenvalue weighted by Crippen LogP contribution is 2.42. The van der Waals surface area contributed by atoms with Crippen LogP contribution in [-0.4, -0.2) is 16.6 Å². The number of hydrogen-bond acceptors (Lipinski definition) is 4. The molecular weight excluding hydrogens is 294 g/mol. The lowest BCUT2D eigenvalue weighted by molar-refractivity contribution is 0.0399. The maximum absolute atomic E-state index is 5.95. The second kappa shape index (κ2) is 5.97. The lowest BCUT2D eigenvalue weighted by atomic mass is 10.2. The third kappa shape index (κ3) is 3.01. The van der Waals surface area contributed by atoms with E-state index in [1.165, 1.54) is 12.8 Å². The van der Waals surface area contributed by atoms with E-state index >= 15 is 0 Å². The molecule has 0 spiro atoms. The summed E-state index contributed by atoms with van der Waals surface area (Å²) in [5.41, 5.74) is 6.94. The number of anilines is 1. The molecule has 1 heterocycles. The van der Waals surface area contributed by atoms with Gasteiger partial charge in [-0.05, 0) is 48.0 Å². The first-order valence-corrected chi connectivity index (χ1v) is 7.40. The van der Waals surface area contributed by atoms with Crippen LogP contribution < -0.4 is 5.73 Å². The molecular formula is C13H20BrN3O. The number of rotatable bonds is 6. The van der Waals surface area contributed by atoms with Crippen molar-refractivity contribution in [1.29, 1.82) is 0 Å². The molecule has 1 unspecified atom stereocenters. The Labute approximate surface area is 116 Å². The van der Waals surface area contributed by atoms with Gasteiger partial charge in [0.2, 0.25) is 0 Å². The zero-order valence-corrected chi connectivity index (χ0v) is 12.5. The summed E-state index contributed by atoms with van der Waals surface area (Å²) in [5.74, 6) is 1.84. The Balaban J connectivity index is 2.30. The van der Waals surface area contributed by atoms with Gasteiger partial charge in [-0.25, -0.2) is 9.97 Å². The van der Waals surface area contributed by atoms with Gasteiger partial charge in [-0.2, -0.15) is 0 Å². The van der Waals surface area contributed by atoms with Gasteiger partial charge in [0.05, 0.1) is 10.2 Å². The van der Waals surface area contributed by atoms with Crippen LogP contribution in [0.1, 0.15) is 50.7 Å². The van der Waals surface area contributed by atoms with Crippen LogP contribution in [0.15, 0.2) is 4.47 Å². The maximum Gasteiger partial charge on any atom is 0.160 e. The molecule has 2 rings (SSSR count). The van der Waals surface area contributed by atoms with Crippen LogP contribution in [0.5, 0.6) is 0 Å². The minimum Gasteiger partial charge on any atom is -0.383 e. The van der Waals surface area contributed by atoms with Gasteiger partial charge in [0.15, 0.2) is 5.82 Å². The number of ether oxygens (including phenoxy) is 1. The van der Waals surface area contributed by atoms with E-state index in [-0.39, 0.29) is 6.10 Å². The second-order valence-electron chi connectivity index (χ2n) is 4.69. The summed E-state index contributed by atoms with van der Waals surface area (Å²) in [5, 5.41) is 0. The minimum absolute atomic E-state index is 0.0148. The molecule has 1 aromatic rings. The highest BCUT2D eigenvalue weighted by Gasteiger charge is 2.35. The number of nitrogens with zero attached hydrogens (tertiary/aromatic N) is 2. The van der Waals surface area contributed by atoms with Crippen LogP contribution in [0.3, 0.4) is 0 Å². The Morgan fingerprint density at radius 1 is 1.39 bits per heavy atom. The van der Waals surface area contributed by atoms with Crippen molar-refractivity contribution >= 4 is 21.7 Å². The number of nitrogens with two attached hydrogens (primary N) is 1. The smallest absolute Gasteiger partial charge is 0.160 e. The number of hydrogen-bond donors (Lipinski definition) is 1. The molecule has 1 aliphatic rings. The minimum atomic E-state index is 0.0148. The van der Waals surface area contributed by atoms with Crippen molar-refractivity contribution in [2.75, 3.05) is 12.3 Å². The van der Waals surface area contributed by atoms with E-state index in [0.717, 1.165) is 28.8 Å². The molecule has 2 N–H and O–H groups in total. The molecule has 0 saturated heterocycles. The summed E-state index contributed by atoms with van der Waals surface area (Å²) < 4.78 is 6.62. The molecule has 5 heteroatoms. The molecule has 0 aliphatic heterocycles. The Morgan fingerprint density at radius 2 is 2.11 bits per heavy atom. The Morgan fingerprint density at radius 3 is 2.67 bits per heavy atom. The fraction of sp³-hybridized carbons (Fsp3) is 0.692. The highest BCUT2D eigenvalue weighted by atomic mass is 79.9. The van der Waals surface area contributed by atoms with Gasteiger partial charge < -0.3 is 10.5 Å². The monoisotopic (exact) mass is 313 g/mol. The van der Waals surface area contributed by atoms with E-state index in [0.29, 0.717) is 18.3 Å². The van der Waals surface area contributed by atoms with E-state index < -0.39 is 0 Å². The van der Waals surface area contributed by atoms with Gasteiger partial charge in [-0.3, -0.25) is 0 Å². The van der Waals surface area contributed by atoms with Crippen molar-refractivity contribution in [2.45, 2.75) is 45.6 Å². The SMILES string of the molecule is CCCc1nc(C(OCC)C2CC2)nc(N)c1Br. The van der Waals surface area contributed by atoms with Crippen LogP contribution in [0.2, 0.25) is 0 Å². The average Bonchev–Trinajstić information content (AvgIpc) is 3.16. The first-order chi connectivity index (χ1) is 8.67. The van der Waals surface area contributed by atoms with E-state index in [2.05, 4.69) is 32.8 Å². The quantitative estimate of drug-likeness (QED) is 0.875. The van der Waals surface area contributed by atoms with Gasteiger partial charge in [-0.15, -0.1) is 0 Å². The van der Waals surface area contributed by atoms with Crippen molar-refractivity contribution in [2.24, 2.45) is 5.92 Å². The molecule has 0 bridgehead atoms. The highest BCUT2D eigenvalue weighted by molar-refractivity contribution is 9.10. The van der Waals surface area contributed by atoms with Gasteiger partial charge in [0, 0.05) is 6.61 Å². The van der Waals surface area contributed by atoms with Crippen LogP contribution in [0.4, 0.5) is 5.82 Å². The summed E-state index contributed by atoms with van der Waals surface area (Å²) in [6, 6.07) is 0. The normalized spacial score (nSPS) is 16.8. The van der Waals surface area contributed by atoms with Crippen molar-refractivity contribution in [3.63, 3.8) is 0 Å². The lowest BCUT2D eigenvalue weighted by Crippen LogP contribution is -2.14. The largest absolute Gasteiger partial charge is 0.383 e. The number of nitrogen functional groups attached to an aromatic ring is 1. The van der Waals surface area contributed by atoms with Crippen LogP contribution >= 0.6 is 15.9 Å². The molecule has 1 aliphatic carbocycles. The van der Waals surface area contributed by atoms with Crippen molar-refractivity contribution < 1.29 is 4.74 Å². The molecule has 0 aromatic carbocycles. The van der Waals surface area contributed by atoms with Crippen LogP contribution in [-0.2, 0) is 11.2 Å². The van der Waals surface area contributed by atoms with E-state index in [9.17, 15) is 0 Å². The summed E-state index contributed by atoms with van der Waals surface area (Å²) in [7, 11) is 0. The molecule has 18 heavy (non-hydrogen) atoms. The van der Waals surface area contributed by atoms with Gasteiger partial charge in [-0.1, -0.05) is 13.3 Å². The summed E-state index contributed by atoms with van der Waals surface area (Å²) >= 11 is 3.47. The Kier molecular flexibility index (Phi) is 4.56. The van der Waals surface area contributed by atoms with Gasteiger partial charge >= 0.3 is 0 Å². The summed E-state index contributed by atoms with van der Waals surface area (Å²) in [6.07, 6.45) is 4.36. The van der Waals surface area contributed by atoms with Crippen molar-refractivity contribution in [1.82, 2.24) is 9.97 Å². The Bertz CT molecular complexity index is 421. The zero-order chi connectivity index (χ0) is 13.1. The fourth-order valence-electron chi connectivity index (χ4n) is 2.06. The zero-order valence-electron chi connectivity index (χ0n) is 10.9. The molecule has 0 amide bonds. The summed E-state index contributed by atoms with van der Waals surface area (Å²) in [6.45, 7) is 4.82. The van der Waals surface area contributed by atoms with Crippen molar-refractivity contribution in [3.8, 4) is 0 Å². The van der Waals surface area contributed by atoms with E-state index in [1.54, 1.807) is 0 Å². The predicted molar refractivity (Wildman–Crippen MR) is 75.2 cm³/mol. The maximum atomic E-state index is 5.95. The molecule has 1 saturated carbocycles. The van der Waals surface area contributed by atoms with Crippen LogP contribution in [0, 0.1) is 5.92 Å². The van der Waals surface area contributed by atoms with Crippen LogP contribution in [0.25, 0.3) is 0 Å². The topological polar surface area (TPSA) is 61.0 Å². The second-order valence-corrected chi connectivity index (χ2v) is 5.48. The first-order valence-electron chi connectivity index (χ1n) is 6.60. The average molecular weight is 314 g/mol. The third-order valence-corrected chi connectivity index (χ3v) is 3.96. The molecule has 1 aromatic heterocycles. The predicted octanol–water partition coefficient (Wildman–Crippen LogP) is 3.26. The standard InChI is InChI=1S/C13H20BrN3O/c1-3-5-9-10(14)12(15)17-13(16-9)11(18-4-2)8-6-7-8/h8,11H,3-7H2,1-2H3,(H2,15,16,17). The van der Waals surface area contributed by atoms with Gasteiger partial charge in [0.1, 0.15) is 11.9 Å². The summed E-state index contributed by atoms with van der Waals surface area (Å²) in [4.78, 5) is 9.03. The van der Waals surface area contributed by atoms with E-state index in [1.807, 2.05) is 6.92 Å². The number of halogens is 1. The lowest BCUT2D eigenvalue weighted by Gasteiger charge is -2.17. The first kappa shape index (κ1) is 13.7. The third-order valence-electron chi connectivity index (χ3n) is 3.10. The number of aromatic nitrogens is 2. The molecule has 0 radical (unpaired) electrons.